The molecule has 16 heavy (non-hydrogen) atoms. The summed E-state index contributed by atoms with van der Waals surface area (Å²) in [5.41, 5.74) is 0.864. The molecule has 0 heterocycles. The van der Waals surface area contributed by atoms with Crippen molar-refractivity contribution in [1.82, 2.24) is 5.32 Å². The number of rotatable bonds is 6. The van der Waals surface area contributed by atoms with Gasteiger partial charge in [0.2, 0.25) is 0 Å². The smallest absolute Gasteiger partial charge is 0.124 e. The Labute approximate surface area is 98.7 Å². The number of aliphatic hydroxyl groups excluding tert-OH is 2. The first-order valence-electron chi connectivity index (χ1n) is 5.01. The summed E-state index contributed by atoms with van der Waals surface area (Å²) in [7, 11) is 1.80. The van der Waals surface area contributed by atoms with Gasteiger partial charge in [0.05, 0.1) is 12.7 Å². The van der Waals surface area contributed by atoms with Crippen molar-refractivity contribution in [2.24, 2.45) is 0 Å². The van der Waals surface area contributed by atoms with Crippen molar-refractivity contribution in [3.05, 3.63) is 29.6 Å². The lowest BCUT2D eigenvalue weighted by Crippen LogP contribution is -2.14. The van der Waals surface area contributed by atoms with Crippen LogP contribution in [-0.4, -0.2) is 35.7 Å². The van der Waals surface area contributed by atoms with Crippen LogP contribution in [-0.2, 0) is 6.54 Å². The summed E-state index contributed by atoms with van der Waals surface area (Å²) in [5.74, 6) is 0.0765. The molecule has 1 aromatic rings. The highest BCUT2D eigenvalue weighted by molar-refractivity contribution is 7.99. The summed E-state index contributed by atoms with van der Waals surface area (Å²) in [5, 5.41) is 20.8. The molecule has 5 heteroatoms. The monoisotopic (exact) mass is 245 g/mol. The van der Waals surface area contributed by atoms with Gasteiger partial charge in [0.15, 0.2) is 0 Å². The molecule has 0 spiro atoms. The molecule has 0 amide bonds. The highest BCUT2D eigenvalue weighted by Crippen LogP contribution is 2.21. The number of hydrogen-bond donors (Lipinski definition) is 3. The summed E-state index contributed by atoms with van der Waals surface area (Å²) in [6.07, 6.45) is -0.763. The lowest BCUT2D eigenvalue weighted by atomic mass is 10.2. The van der Waals surface area contributed by atoms with E-state index in [-0.39, 0.29) is 12.4 Å². The second kappa shape index (κ2) is 6.85. The van der Waals surface area contributed by atoms with Crippen LogP contribution in [0.25, 0.3) is 0 Å². The Kier molecular flexibility index (Phi) is 5.76. The lowest BCUT2D eigenvalue weighted by molar-refractivity contribution is 0.113. The van der Waals surface area contributed by atoms with E-state index >= 15 is 0 Å². The number of hydrogen-bond acceptors (Lipinski definition) is 4. The first-order chi connectivity index (χ1) is 7.65. The van der Waals surface area contributed by atoms with E-state index in [9.17, 15) is 9.50 Å². The minimum Gasteiger partial charge on any atom is -0.394 e. The van der Waals surface area contributed by atoms with Crippen LogP contribution < -0.4 is 5.32 Å². The molecule has 0 aliphatic heterocycles. The molecule has 1 unspecified atom stereocenters. The highest BCUT2D eigenvalue weighted by atomic mass is 32.2. The van der Waals surface area contributed by atoms with Gasteiger partial charge in [-0.1, -0.05) is 0 Å². The molecular weight excluding hydrogens is 229 g/mol. The SMILES string of the molecule is CNCc1cc(F)cc(SCC(O)CO)c1. The van der Waals surface area contributed by atoms with E-state index in [1.807, 2.05) is 6.07 Å². The zero-order valence-electron chi connectivity index (χ0n) is 9.11. The molecule has 0 fully saturated rings. The molecule has 0 saturated carbocycles. The zero-order chi connectivity index (χ0) is 12.0. The fourth-order valence-electron chi connectivity index (χ4n) is 1.26. The van der Waals surface area contributed by atoms with Crippen molar-refractivity contribution < 1.29 is 14.6 Å². The fraction of sp³-hybridized carbons (Fsp3) is 0.455. The van der Waals surface area contributed by atoms with Crippen molar-refractivity contribution in [1.29, 1.82) is 0 Å². The molecular formula is C11H16FNO2S. The minimum atomic E-state index is -0.763. The summed E-state index contributed by atoms with van der Waals surface area (Å²) >= 11 is 1.33. The van der Waals surface area contributed by atoms with Crippen LogP contribution in [0.2, 0.25) is 0 Å². The summed E-state index contributed by atoms with van der Waals surface area (Å²) in [4.78, 5) is 0.762. The quantitative estimate of drug-likeness (QED) is 0.654. The lowest BCUT2D eigenvalue weighted by Gasteiger charge is -2.08. The highest BCUT2D eigenvalue weighted by Gasteiger charge is 2.05. The predicted octanol–water partition coefficient (Wildman–Crippen LogP) is 0.990. The molecule has 1 atom stereocenters. The molecule has 0 radical (unpaired) electrons. The third-order valence-corrected chi connectivity index (χ3v) is 3.09. The van der Waals surface area contributed by atoms with Crippen LogP contribution in [0.4, 0.5) is 4.39 Å². The molecule has 0 aromatic heterocycles. The number of benzene rings is 1. The first kappa shape index (κ1) is 13.4. The maximum atomic E-state index is 13.2. The Balaban J connectivity index is 2.64. The number of nitrogens with one attached hydrogen (secondary N) is 1. The van der Waals surface area contributed by atoms with Crippen molar-refractivity contribution in [3.8, 4) is 0 Å². The maximum absolute atomic E-state index is 13.2. The van der Waals surface area contributed by atoms with Gasteiger partial charge in [0.1, 0.15) is 5.82 Å². The zero-order valence-corrected chi connectivity index (χ0v) is 9.93. The molecule has 0 bridgehead atoms. The molecule has 1 rings (SSSR count). The number of halogens is 1. The van der Waals surface area contributed by atoms with Crippen molar-refractivity contribution >= 4 is 11.8 Å². The Bertz CT molecular complexity index is 336. The largest absolute Gasteiger partial charge is 0.394 e. The van der Waals surface area contributed by atoms with Crippen LogP contribution in [0.5, 0.6) is 0 Å². The predicted molar refractivity (Wildman–Crippen MR) is 63.0 cm³/mol. The van der Waals surface area contributed by atoms with Gasteiger partial charge in [0.25, 0.3) is 0 Å². The third kappa shape index (κ3) is 4.49. The molecule has 1 aromatic carbocycles. The van der Waals surface area contributed by atoms with Gasteiger partial charge in [-0.3, -0.25) is 0 Å². The Morgan fingerprint density at radius 1 is 1.44 bits per heavy atom. The second-order valence-corrected chi connectivity index (χ2v) is 4.57. The van der Waals surface area contributed by atoms with Gasteiger partial charge in [-0.25, -0.2) is 4.39 Å². The maximum Gasteiger partial charge on any atom is 0.124 e. The van der Waals surface area contributed by atoms with Gasteiger partial charge in [-0.2, -0.15) is 0 Å². The van der Waals surface area contributed by atoms with Gasteiger partial charge < -0.3 is 15.5 Å². The van der Waals surface area contributed by atoms with Gasteiger partial charge >= 0.3 is 0 Å². The Hall–Kier alpha value is -0.620. The van der Waals surface area contributed by atoms with Crippen LogP contribution in [0, 0.1) is 5.82 Å². The van der Waals surface area contributed by atoms with Crippen LogP contribution in [0.15, 0.2) is 23.1 Å². The van der Waals surface area contributed by atoms with Crippen LogP contribution >= 0.6 is 11.8 Å². The molecule has 3 nitrogen and oxygen atoms in total. The fourth-order valence-corrected chi connectivity index (χ4v) is 2.18. The van der Waals surface area contributed by atoms with Crippen LogP contribution in [0.1, 0.15) is 5.56 Å². The summed E-state index contributed by atoms with van der Waals surface area (Å²) in [6, 6.07) is 4.77. The molecule has 0 saturated heterocycles. The van der Waals surface area contributed by atoms with Crippen LogP contribution in [0.3, 0.4) is 0 Å². The van der Waals surface area contributed by atoms with Gasteiger partial charge in [-0.15, -0.1) is 11.8 Å². The molecule has 90 valence electrons. The van der Waals surface area contributed by atoms with E-state index < -0.39 is 6.10 Å². The second-order valence-electron chi connectivity index (χ2n) is 3.47. The third-order valence-electron chi connectivity index (χ3n) is 1.97. The van der Waals surface area contributed by atoms with Gasteiger partial charge in [-0.05, 0) is 30.8 Å². The van der Waals surface area contributed by atoms with E-state index in [1.165, 1.54) is 23.9 Å². The summed E-state index contributed by atoms with van der Waals surface area (Å²) in [6.45, 7) is 0.333. The Morgan fingerprint density at radius 3 is 2.81 bits per heavy atom. The van der Waals surface area contributed by atoms with E-state index in [1.54, 1.807) is 7.05 Å². The summed E-state index contributed by atoms with van der Waals surface area (Å²) < 4.78 is 13.2. The molecule has 3 N–H and O–H groups in total. The normalized spacial score (nSPS) is 12.8. The van der Waals surface area contributed by atoms with E-state index in [4.69, 9.17) is 5.11 Å². The average Bonchev–Trinajstić information content (AvgIpc) is 2.25. The van der Waals surface area contributed by atoms with E-state index in [0.717, 1.165) is 10.5 Å². The standard InChI is InChI=1S/C11H16FNO2S/c1-13-5-8-2-9(12)4-11(3-8)16-7-10(15)6-14/h2-4,10,13-15H,5-7H2,1H3. The minimum absolute atomic E-state index is 0.272. The van der Waals surface area contributed by atoms with Crippen molar-refractivity contribution in [3.63, 3.8) is 0 Å². The average molecular weight is 245 g/mol. The van der Waals surface area contributed by atoms with E-state index in [2.05, 4.69) is 5.32 Å². The van der Waals surface area contributed by atoms with Crippen molar-refractivity contribution in [2.75, 3.05) is 19.4 Å². The van der Waals surface area contributed by atoms with Gasteiger partial charge in [0, 0.05) is 17.2 Å². The topological polar surface area (TPSA) is 52.5 Å². The molecule has 0 aliphatic rings. The number of aliphatic hydroxyl groups is 2. The first-order valence-corrected chi connectivity index (χ1v) is 6.00. The van der Waals surface area contributed by atoms with Crippen molar-refractivity contribution in [2.45, 2.75) is 17.5 Å². The van der Waals surface area contributed by atoms with E-state index in [0.29, 0.717) is 12.3 Å². The molecule has 0 aliphatic carbocycles. The number of thioether (sulfide) groups is 1. The Morgan fingerprint density at radius 2 is 2.19 bits per heavy atom.